The van der Waals surface area contributed by atoms with Gasteiger partial charge in [-0.2, -0.15) is 0 Å². The van der Waals surface area contributed by atoms with Crippen molar-refractivity contribution in [2.45, 2.75) is 25.3 Å². The molecule has 0 aliphatic rings. The van der Waals surface area contributed by atoms with Crippen molar-refractivity contribution in [3.05, 3.63) is 88.2 Å². The van der Waals surface area contributed by atoms with Crippen LogP contribution in [0.3, 0.4) is 0 Å². The van der Waals surface area contributed by atoms with Crippen LogP contribution in [-0.2, 0) is 16.6 Å². The van der Waals surface area contributed by atoms with Crippen LogP contribution in [0.25, 0.3) is 0 Å². The fourth-order valence-electron chi connectivity index (χ4n) is 2.64. The van der Waals surface area contributed by atoms with Gasteiger partial charge in [-0.05, 0) is 73.0 Å². The van der Waals surface area contributed by atoms with Crippen LogP contribution in [0.15, 0.2) is 65.8 Å². The standard InChI is InChI=1S/C21H20ClN3O3S/c1-14-3-4-17(11-15(14)2)25-29(27,28)18-5-6-20(22)19(12-18)21(26)24-13-16-7-9-23-10-8-16/h3-12,25H,13H2,1-2H3,(H,24,26). The number of amides is 1. The molecule has 0 aliphatic carbocycles. The van der Waals surface area contributed by atoms with Gasteiger partial charge in [0.2, 0.25) is 0 Å². The van der Waals surface area contributed by atoms with Gasteiger partial charge in [0.25, 0.3) is 15.9 Å². The lowest BCUT2D eigenvalue weighted by Crippen LogP contribution is -2.23. The molecule has 1 heterocycles. The van der Waals surface area contributed by atoms with Gasteiger partial charge in [0.1, 0.15) is 0 Å². The number of carbonyl (C=O) groups excluding carboxylic acids is 1. The van der Waals surface area contributed by atoms with E-state index in [4.69, 9.17) is 11.6 Å². The van der Waals surface area contributed by atoms with Gasteiger partial charge in [0.15, 0.2) is 0 Å². The Balaban J connectivity index is 1.81. The summed E-state index contributed by atoms with van der Waals surface area (Å²) in [6.45, 7) is 4.12. The molecule has 3 aromatic rings. The van der Waals surface area contributed by atoms with Gasteiger partial charge in [-0.15, -0.1) is 0 Å². The molecule has 29 heavy (non-hydrogen) atoms. The first-order chi connectivity index (χ1) is 13.8. The van der Waals surface area contributed by atoms with Crippen LogP contribution in [0.4, 0.5) is 5.69 Å². The molecule has 1 aromatic heterocycles. The molecular weight excluding hydrogens is 410 g/mol. The predicted molar refractivity (Wildman–Crippen MR) is 114 cm³/mol. The maximum atomic E-state index is 12.8. The molecule has 3 rings (SSSR count). The van der Waals surface area contributed by atoms with Crippen molar-refractivity contribution >= 4 is 33.2 Å². The van der Waals surface area contributed by atoms with Gasteiger partial charge in [0, 0.05) is 24.6 Å². The van der Waals surface area contributed by atoms with Crippen molar-refractivity contribution in [1.29, 1.82) is 0 Å². The van der Waals surface area contributed by atoms with Crippen molar-refractivity contribution in [3.63, 3.8) is 0 Å². The number of carbonyl (C=O) groups is 1. The van der Waals surface area contributed by atoms with Crippen molar-refractivity contribution in [1.82, 2.24) is 10.3 Å². The van der Waals surface area contributed by atoms with E-state index in [-0.39, 0.29) is 22.0 Å². The van der Waals surface area contributed by atoms with E-state index in [0.29, 0.717) is 5.69 Å². The maximum absolute atomic E-state index is 12.8. The van der Waals surface area contributed by atoms with Gasteiger partial charge in [-0.1, -0.05) is 17.7 Å². The second-order valence-corrected chi connectivity index (χ2v) is 8.67. The summed E-state index contributed by atoms with van der Waals surface area (Å²) < 4.78 is 28.1. The van der Waals surface area contributed by atoms with E-state index in [1.54, 1.807) is 36.7 Å². The normalized spacial score (nSPS) is 11.1. The first-order valence-electron chi connectivity index (χ1n) is 8.83. The second kappa shape index (κ2) is 8.63. The molecule has 0 saturated carbocycles. The molecule has 8 heteroatoms. The molecular formula is C21H20ClN3O3S. The molecule has 0 bridgehead atoms. The van der Waals surface area contributed by atoms with Crippen molar-refractivity contribution in [3.8, 4) is 0 Å². The SMILES string of the molecule is Cc1ccc(NS(=O)(=O)c2ccc(Cl)c(C(=O)NCc3ccncc3)c2)cc1C. The van der Waals surface area contributed by atoms with Crippen LogP contribution in [0.2, 0.25) is 5.02 Å². The van der Waals surface area contributed by atoms with Crippen LogP contribution in [0.5, 0.6) is 0 Å². The summed E-state index contributed by atoms with van der Waals surface area (Å²) in [5.74, 6) is -0.463. The smallest absolute Gasteiger partial charge is 0.261 e. The quantitative estimate of drug-likeness (QED) is 0.617. The molecule has 0 radical (unpaired) electrons. The summed E-state index contributed by atoms with van der Waals surface area (Å²) in [5, 5.41) is 2.90. The molecule has 0 unspecified atom stereocenters. The molecule has 0 atom stereocenters. The first kappa shape index (κ1) is 20.8. The number of pyridine rings is 1. The molecule has 0 saturated heterocycles. The van der Waals surface area contributed by atoms with Crippen molar-refractivity contribution in [2.24, 2.45) is 0 Å². The Labute approximate surface area is 175 Å². The van der Waals surface area contributed by atoms with Gasteiger partial charge in [-0.3, -0.25) is 14.5 Å². The van der Waals surface area contributed by atoms with Crippen LogP contribution < -0.4 is 10.0 Å². The average molecular weight is 430 g/mol. The second-order valence-electron chi connectivity index (χ2n) is 6.58. The predicted octanol–water partition coefficient (Wildman–Crippen LogP) is 4.08. The monoisotopic (exact) mass is 429 g/mol. The minimum absolute atomic E-state index is 0.0470. The van der Waals surface area contributed by atoms with Crippen LogP contribution in [-0.4, -0.2) is 19.3 Å². The first-order valence-corrected chi connectivity index (χ1v) is 10.7. The number of sulfonamides is 1. The lowest BCUT2D eigenvalue weighted by Gasteiger charge is -2.12. The Morgan fingerprint density at radius 2 is 1.72 bits per heavy atom. The highest BCUT2D eigenvalue weighted by Gasteiger charge is 2.19. The lowest BCUT2D eigenvalue weighted by molar-refractivity contribution is 0.0951. The highest BCUT2D eigenvalue weighted by molar-refractivity contribution is 7.92. The average Bonchev–Trinajstić information content (AvgIpc) is 2.69. The van der Waals surface area contributed by atoms with Crippen molar-refractivity contribution < 1.29 is 13.2 Å². The molecule has 0 fully saturated rings. The summed E-state index contributed by atoms with van der Waals surface area (Å²) in [7, 11) is -3.88. The van der Waals surface area contributed by atoms with E-state index in [1.165, 1.54) is 18.2 Å². The topological polar surface area (TPSA) is 88.2 Å². The number of halogens is 1. The highest BCUT2D eigenvalue weighted by atomic mass is 35.5. The van der Waals surface area contributed by atoms with E-state index in [9.17, 15) is 13.2 Å². The Morgan fingerprint density at radius 1 is 1.00 bits per heavy atom. The Kier molecular flexibility index (Phi) is 6.20. The molecule has 0 aliphatic heterocycles. The third-order valence-electron chi connectivity index (χ3n) is 4.45. The number of anilines is 1. The fraction of sp³-hybridized carbons (Fsp3) is 0.143. The molecule has 0 spiro atoms. The zero-order valence-electron chi connectivity index (χ0n) is 15.9. The molecule has 2 N–H and O–H groups in total. The zero-order valence-corrected chi connectivity index (χ0v) is 17.5. The summed E-state index contributed by atoms with van der Waals surface area (Å²) >= 11 is 6.14. The Morgan fingerprint density at radius 3 is 2.41 bits per heavy atom. The number of aromatic nitrogens is 1. The van der Waals surface area contributed by atoms with Gasteiger partial charge in [-0.25, -0.2) is 8.42 Å². The maximum Gasteiger partial charge on any atom is 0.261 e. The summed E-state index contributed by atoms with van der Waals surface area (Å²) in [5.41, 5.74) is 3.44. The number of rotatable bonds is 6. The molecule has 6 nitrogen and oxygen atoms in total. The largest absolute Gasteiger partial charge is 0.348 e. The zero-order chi connectivity index (χ0) is 21.0. The number of hydrogen-bond acceptors (Lipinski definition) is 4. The minimum atomic E-state index is -3.88. The van der Waals surface area contributed by atoms with Gasteiger partial charge >= 0.3 is 0 Å². The molecule has 2 aromatic carbocycles. The third kappa shape index (κ3) is 5.13. The number of nitrogens with one attached hydrogen (secondary N) is 2. The summed E-state index contributed by atoms with van der Waals surface area (Å²) in [6.07, 6.45) is 3.25. The number of benzene rings is 2. The number of aryl methyl sites for hydroxylation is 2. The lowest BCUT2D eigenvalue weighted by atomic mass is 10.1. The van der Waals surface area contributed by atoms with Crippen LogP contribution in [0, 0.1) is 13.8 Å². The van der Waals surface area contributed by atoms with E-state index >= 15 is 0 Å². The Bertz CT molecular complexity index is 1150. The van der Waals surface area contributed by atoms with Crippen LogP contribution >= 0.6 is 11.6 Å². The molecule has 1 amide bonds. The number of hydrogen-bond donors (Lipinski definition) is 2. The van der Waals surface area contributed by atoms with E-state index < -0.39 is 15.9 Å². The van der Waals surface area contributed by atoms with Gasteiger partial charge < -0.3 is 5.32 Å². The number of nitrogens with zero attached hydrogens (tertiary/aromatic N) is 1. The van der Waals surface area contributed by atoms with E-state index in [1.807, 2.05) is 19.9 Å². The van der Waals surface area contributed by atoms with Gasteiger partial charge in [0.05, 0.1) is 15.5 Å². The fourth-order valence-corrected chi connectivity index (χ4v) is 3.92. The minimum Gasteiger partial charge on any atom is -0.348 e. The molecule has 150 valence electrons. The van der Waals surface area contributed by atoms with E-state index in [2.05, 4.69) is 15.0 Å². The summed E-state index contributed by atoms with van der Waals surface area (Å²) in [6, 6.07) is 12.9. The highest BCUT2D eigenvalue weighted by Crippen LogP contribution is 2.23. The van der Waals surface area contributed by atoms with Crippen molar-refractivity contribution in [2.75, 3.05) is 4.72 Å². The Hall–Kier alpha value is -2.90. The third-order valence-corrected chi connectivity index (χ3v) is 6.16. The van der Waals surface area contributed by atoms with Crippen LogP contribution in [0.1, 0.15) is 27.0 Å². The van der Waals surface area contributed by atoms with E-state index in [0.717, 1.165) is 16.7 Å². The summed E-state index contributed by atoms with van der Waals surface area (Å²) in [4.78, 5) is 16.4.